The quantitative estimate of drug-likeness (QED) is 0.616. The van der Waals surface area contributed by atoms with E-state index in [0.717, 1.165) is 19.3 Å². The number of hydrogen-bond donors (Lipinski definition) is 1. The fourth-order valence-electron chi connectivity index (χ4n) is 3.63. The monoisotopic (exact) mass is 482 g/mol. The third-order valence-electron chi connectivity index (χ3n) is 5.25. The maximum Gasteiger partial charge on any atom is 0.243 e. The van der Waals surface area contributed by atoms with Crippen LogP contribution < -0.4 is 19.5 Å². The molecule has 1 fully saturated rings. The van der Waals surface area contributed by atoms with Crippen LogP contribution in [0.5, 0.6) is 17.2 Å². The van der Waals surface area contributed by atoms with E-state index in [4.69, 9.17) is 25.8 Å². The van der Waals surface area contributed by atoms with Crippen molar-refractivity contribution in [3.8, 4) is 17.2 Å². The normalized spacial score (nSPS) is 14.6. The number of methoxy groups -OCH3 is 3. The third kappa shape index (κ3) is 5.28. The molecule has 0 radical (unpaired) electrons. The van der Waals surface area contributed by atoms with Crippen LogP contribution in [-0.4, -0.2) is 53.0 Å². The van der Waals surface area contributed by atoms with Crippen molar-refractivity contribution in [2.24, 2.45) is 0 Å². The van der Waals surface area contributed by atoms with Crippen LogP contribution in [0.1, 0.15) is 24.8 Å². The molecule has 1 aliphatic heterocycles. The predicted molar refractivity (Wildman–Crippen MR) is 122 cm³/mol. The summed E-state index contributed by atoms with van der Waals surface area (Å²) in [4.78, 5) is 12.8. The number of carbonyl (C=O) groups excluding carboxylic acids is 1. The van der Waals surface area contributed by atoms with Crippen molar-refractivity contribution < 1.29 is 27.4 Å². The van der Waals surface area contributed by atoms with Crippen LogP contribution in [0.25, 0.3) is 0 Å². The number of rotatable bonds is 8. The Morgan fingerprint density at radius 2 is 1.62 bits per heavy atom. The molecule has 1 heterocycles. The summed E-state index contributed by atoms with van der Waals surface area (Å²) in [6.45, 7) is 0.988. The molecule has 0 spiro atoms. The molecule has 2 aromatic rings. The zero-order valence-corrected chi connectivity index (χ0v) is 19.9. The van der Waals surface area contributed by atoms with Crippen molar-refractivity contribution >= 4 is 33.2 Å². The van der Waals surface area contributed by atoms with Crippen LogP contribution in [0.4, 0.5) is 5.69 Å². The first-order valence-corrected chi connectivity index (χ1v) is 12.0. The van der Waals surface area contributed by atoms with Gasteiger partial charge in [0.2, 0.25) is 21.7 Å². The summed E-state index contributed by atoms with van der Waals surface area (Å²) in [7, 11) is 0.845. The van der Waals surface area contributed by atoms with Crippen LogP contribution in [0.3, 0.4) is 0 Å². The summed E-state index contributed by atoms with van der Waals surface area (Å²) in [5.74, 6) is 0.927. The molecule has 1 saturated heterocycles. The zero-order chi connectivity index (χ0) is 23.3. The van der Waals surface area contributed by atoms with Gasteiger partial charge < -0.3 is 19.5 Å². The molecule has 1 amide bonds. The molecule has 1 aliphatic rings. The van der Waals surface area contributed by atoms with Gasteiger partial charge in [0.05, 0.1) is 43.4 Å². The number of sulfonamides is 1. The standard InChI is InChI=1S/C22H27ClN2O6S/c1-29-19-11-15(12-20(30-2)22(19)31-3)13-21(26)24-18-14-16(7-8-17(18)23)32(27,28)25-9-5-4-6-10-25/h7-8,11-12,14H,4-6,9-10,13H2,1-3H3,(H,24,26). The highest BCUT2D eigenvalue weighted by molar-refractivity contribution is 7.89. The highest BCUT2D eigenvalue weighted by Crippen LogP contribution is 2.38. The van der Waals surface area contributed by atoms with E-state index in [2.05, 4.69) is 5.32 Å². The summed E-state index contributed by atoms with van der Waals surface area (Å²) in [5.41, 5.74) is 0.868. The average molecular weight is 483 g/mol. The Kier molecular flexibility index (Phi) is 7.86. The van der Waals surface area contributed by atoms with Gasteiger partial charge in [0.1, 0.15) is 0 Å². The molecule has 0 bridgehead atoms. The number of ether oxygens (including phenoxy) is 3. The number of carbonyl (C=O) groups is 1. The number of anilines is 1. The number of hydrogen-bond acceptors (Lipinski definition) is 6. The van der Waals surface area contributed by atoms with E-state index in [1.165, 1.54) is 43.8 Å². The number of piperidine rings is 1. The maximum absolute atomic E-state index is 13.0. The van der Waals surface area contributed by atoms with E-state index in [9.17, 15) is 13.2 Å². The molecule has 0 unspecified atom stereocenters. The van der Waals surface area contributed by atoms with Gasteiger partial charge in [-0.05, 0) is 48.7 Å². The predicted octanol–water partition coefficient (Wildman–Crippen LogP) is 3.72. The van der Waals surface area contributed by atoms with Gasteiger partial charge in [-0.1, -0.05) is 18.0 Å². The third-order valence-corrected chi connectivity index (χ3v) is 7.48. The fourth-order valence-corrected chi connectivity index (χ4v) is 5.34. The van der Waals surface area contributed by atoms with Gasteiger partial charge in [0.15, 0.2) is 11.5 Å². The topological polar surface area (TPSA) is 94.2 Å². The highest BCUT2D eigenvalue weighted by atomic mass is 35.5. The van der Waals surface area contributed by atoms with E-state index in [-0.39, 0.29) is 27.9 Å². The van der Waals surface area contributed by atoms with E-state index >= 15 is 0 Å². The molecule has 32 heavy (non-hydrogen) atoms. The average Bonchev–Trinajstić information content (AvgIpc) is 2.80. The van der Waals surface area contributed by atoms with E-state index in [1.54, 1.807) is 12.1 Å². The molecule has 0 aliphatic carbocycles. The molecule has 0 aromatic heterocycles. The Bertz CT molecular complexity index is 1060. The van der Waals surface area contributed by atoms with Crippen LogP contribution in [0.15, 0.2) is 35.2 Å². The summed E-state index contributed by atoms with van der Waals surface area (Å²) < 4.78 is 43.3. The minimum absolute atomic E-state index is 0.00382. The Balaban J connectivity index is 1.80. The lowest BCUT2D eigenvalue weighted by Gasteiger charge is -2.26. The van der Waals surface area contributed by atoms with E-state index in [1.807, 2.05) is 0 Å². The van der Waals surface area contributed by atoms with Gasteiger partial charge >= 0.3 is 0 Å². The van der Waals surface area contributed by atoms with Crippen LogP contribution >= 0.6 is 11.6 Å². The second-order valence-corrected chi connectivity index (χ2v) is 9.71. The number of nitrogens with one attached hydrogen (secondary N) is 1. The van der Waals surface area contributed by atoms with E-state index in [0.29, 0.717) is 35.9 Å². The first-order chi connectivity index (χ1) is 15.3. The molecule has 2 aromatic carbocycles. The van der Waals surface area contributed by atoms with Gasteiger partial charge in [-0.15, -0.1) is 0 Å². The second-order valence-electron chi connectivity index (χ2n) is 7.36. The molecule has 174 valence electrons. The molecule has 1 N–H and O–H groups in total. The summed E-state index contributed by atoms with van der Waals surface area (Å²) in [6, 6.07) is 7.70. The minimum atomic E-state index is -3.65. The molecule has 0 saturated carbocycles. The lowest BCUT2D eigenvalue weighted by atomic mass is 10.1. The summed E-state index contributed by atoms with van der Waals surface area (Å²) in [5, 5.41) is 2.96. The van der Waals surface area contributed by atoms with Crippen molar-refractivity contribution in [2.45, 2.75) is 30.6 Å². The SMILES string of the molecule is COc1cc(CC(=O)Nc2cc(S(=O)(=O)N3CCCCC3)ccc2Cl)cc(OC)c1OC. The van der Waals surface area contributed by atoms with Crippen LogP contribution in [0, 0.1) is 0 Å². The Morgan fingerprint density at radius 1 is 1.00 bits per heavy atom. The van der Waals surface area contributed by atoms with Gasteiger partial charge in [-0.25, -0.2) is 8.42 Å². The first kappa shape index (κ1) is 24.2. The number of amides is 1. The maximum atomic E-state index is 13.0. The lowest BCUT2D eigenvalue weighted by molar-refractivity contribution is -0.115. The van der Waals surface area contributed by atoms with Crippen molar-refractivity contribution in [2.75, 3.05) is 39.7 Å². The smallest absolute Gasteiger partial charge is 0.243 e. The van der Waals surface area contributed by atoms with Gasteiger partial charge in [0, 0.05) is 13.1 Å². The minimum Gasteiger partial charge on any atom is -0.493 e. The fraction of sp³-hybridized carbons (Fsp3) is 0.409. The number of nitrogens with zero attached hydrogens (tertiary/aromatic N) is 1. The zero-order valence-electron chi connectivity index (χ0n) is 18.3. The summed E-state index contributed by atoms with van der Waals surface area (Å²) in [6.07, 6.45) is 2.70. The van der Waals surface area contributed by atoms with Gasteiger partial charge in [-0.3, -0.25) is 4.79 Å². The van der Waals surface area contributed by atoms with Crippen molar-refractivity contribution in [3.63, 3.8) is 0 Å². The van der Waals surface area contributed by atoms with Crippen molar-refractivity contribution in [3.05, 3.63) is 40.9 Å². The Hall–Kier alpha value is -2.49. The van der Waals surface area contributed by atoms with Gasteiger partial charge in [0.25, 0.3) is 0 Å². The Morgan fingerprint density at radius 3 is 2.19 bits per heavy atom. The molecule has 8 nitrogen and oxygen atoms in total. The highest BCUT2D eigenvalue weighted by Gasteiger charge is 2.26. The van der Waals surface area contributed by atoms with Crippen LogP contribution in [0.2, 0.25) is 5.02 Å². The molecule has 3 rings (SSSR count). The molecular weight excluding hydrogens is 456 g/mol. The first-order valence-electron chi connectivity index (χ1n) is 10.2. The second kappa shape index (κ2) is 10.4. The lowest BCUT2D eigenvalue weighted by Crippen LogP contribution is -2.35. The van der Waals surface area contributed by atoms with Crippen LogP contribution in [-0.2, 0) is 21.2 Å². The van der Waals surface area contributed by atoms with Crippen molar-refractivity contribution in [1.29, 1.82) is 0 Å². The number of benzene rings is 2. The summed E-state index contributed by atoms with van der Waals surface area (Å²) >= 11 is 6.23. The largest absolute Gasteiger partial charge is 0.493 e. The van der Waals surface area contributed by atoms with Gasteiger partial charge in [-0.2, -0.15) is 4.31 Å². The van der Waals surface area contributed by atoms with Crippen molar-refractivity contribution in [1.82, 2.24) is 4.31 Å². The van der Waals surface area contributed by atoms with E-state index < -0.39 is 10.0 Å². The molecular formula is C22H27ClN2O6S. The molecule has 0 atom stereocenters. The Labute approximate surface area is 193 Å². The number of halogens is 1. The molecule has 10 heteroatoms.